The van der Waals surface area contributed by atoms with Gasteiger partial charge in [-0.1, -0.05) is 0 Å². The number of hydrogen-bond acceptors (Lipinski definition) is 5. The van der Waals surface area contributed by atoms with Crippen LogP contribution in [0.5, 0.6) is 0 Å². The quantitative estimate of drug-likeness (QED) is 0.846. The molecule has 0 aliphatic carbocycles. The first kappa shape index (κ1) is 12.9. The second-order valence-electron chi connectivity index (χ2n) is 5.62. The Hall–Kier alpha value is -1.14. The molecule has 3 heterocycles. The number of nitrogens with two attached hydrogens (primary N) is 1. The predicted octanol–water partition coefficient (Wildman–Crippen LogP) is 0.844. The molecular weight excluding hydrogens is 242 g/mol. The SMILES string of the molecule is NC1CCCN(c2n[nH]c(CC3CCCCO3)n2)C1. The fourth-order valence-electron chi connectivity index (χ4n) is 2.89. The molecule has 2 saturated heterocycles. The van der Waals surface area contributed by atoms with Crippen molar-refractivity contribution in [2.24, 2.45) is 5.73 Å². The molecule has 0 saturated carbocycles. The third-order valence-corrected chi connectivity index (χ3v) is 3.96. The van der Waals surface area contributed by atoms with E-state index in [9.17, 15) is 0 Å². The van der Waals surface area contributed by atoms with E-state index in [1.807, 2.05) is 0 Å². The summed E-state index contributed by atoms with van der Waals surface area (Å²) in [5.74, 6) is 1.72. The molecule has 0 bridgehead atoms. The summed E-state index contributed by atoms with van der Waals surface area (Å²) in [4.78, 5) is 6.76. The second kappa shape index (κ2) is 5.88. The fraction of sp³-hybridized carbons (Fsp3) is 0.846. The van der Waals surface area contributed by atoms with E-state index in [0.29, 0.717) is 6.10 Å². The van der Waals surface area contributed by atoms with Crippen molar-refractivity contribution >= 4 is 5.95 Å². The normalized spacial score (nSPS) is 28.6. The number of nitrogens with one attached hydrogen (secondary N) is 1. The Bertz CT molecular complexity index is 401. The minimum Gasteiger partial charge on any atom is -0.378 e. The molecule has 1 aromatic heterocycles. The fourth-order valence-corrected chi connectivity index (χ4v) is 2.89. The summed E-state index contributed by atoms with van der Waals surface area (Å²) in [5, 5.41) is 7.36. The molecule has 0 spiro atoms. The molecular formula is C13H23N5O. The highest BCUT2D eigenvalue weighted by atomic mass is 16.5. The zero-order valence-corrected chi connectivity index (χ0v) is 11.3. The summed E-state index contributed by atoms with van der Waals surface area (Å²) < 4.78 is 5.73. The van der Waals surface area contributed by atoms with E-state index in [1.54, 1.807) is 0 Å². The summed E-state index contributed by atoms with van der Waals surface area (Å²) in [5.41, 5.74) is 5.99. The number of nitrogens with zero attached hydrogens (tertiary/aromatic N) is 3. The van der Waals surface area contributed by atoms with E-state index >= 15 is 0 Å². The van der Waals surface area contributed by atoms with E-state index in [2.05, 4.69) is 20.1 Å². The number of ether oxygens (including phenoxy) is 1. The van der Waals surface area contributed by atoms with Crippen LogP contribution in [0.25, 0.3) is 0 Å². The first-order chi connectivity index (χ1) is 9.31. The molecule has 6 nitrogen and oxygen atoms in total. The number of rotatable bonds is 3. The van der Waals surface area contributed by atoms with Crippen molar-refractivity contribution < 1.29 is 4.74 Å². The number of aromatic nitrogens is 3. The van der Waals surface area contributed by atoms with Gasteiger partial charge in [-0.05, 0) is 32.1 Å². The van der Waals surface area contributed by atoms with Gasteiger partial charge in [0, 0.05) is 32.2 Å². The van der Waals surface area contributed by atoms with E-state index in [1.165, 1.54) is 12.8 Å². The summed E-state index contributed by atoms with van der Waals surface area (Å²) in [7, 11) is 0. The Balaban J connectivity index is 1.59. The van der Waals surface area contributed by atoms with Crippen molar-refractivity contribution in [3.8, 4) is 0 Å². The van der Waals surface area contributed by atoms with Gasteiger partial charge in [-0.3, -0.25) is 5.10 Å². The van der Waals surface area contributed by atoms with Crippen molar-refractivity contribution in [3.63, 3.8) is 0 Å². The summed E-state index contributed by atoms with van der Waals surface area (Å²) in [6.07, 6.45) is 6.94. The van der Waals surface area contributed by atoms with Gasteiger partial charge in [0.1, 0.15) is 5.82 Å². The lowest BCUT2D eigenvalue weighted by atomic mass is 10.1. The van der Waals surface area contributed by atoms with Gasteiger partial charge in [-0.15, -0.1) is 5.10 Å². The number of H-pyrrole nitrogens is 1. The number of piperidine rings is 1. The number of anilines is 1. The van der Waals surface area contributed by atoms with Crippen LogP contribution in [0.4, 0.5) is 5.95 Å². The second-order valence-corrected chi connectivity index (χ2v) is 5.62. The predicted molar refractivity (Wildman–Crippen MR) is 73.1 cm³/mol. The van der Waals surface area contributed by atoms with Gasteiger partial charge >= 0.3 is 0 Å². The molecule has 6 heteroatoms. The minimum absolute atomic E-state index is 0.248. The molecule has 19 heavy (non-hydrogen) atoms. The van der Waals surface area contributed by atoms with E-state index in [-0.39, 0.29) is 6.04 Å². The largest absolute Gasteiger partial charge is 0.378 e. The Morgan fingerprint density at radius 3 is 3.05 bits per heavy atom. The molecule has 3 N–H and O–H groups in total. The molecule has 2 unspecified atom stereocenters. The molecule has 2 fully saturated rings. The Morgan fingerprint density at radius 2 is 2.26 bits per heavy atom. The standard InChI is InChI=1S/C13H23N5O/c14-10-4-3-6-18(9-10)13-15-12(16-17-13)8-11-5-1-2-7-19-11/h10-11H,1-9,14H2,(H,15,16,17). The average molecular weight is 265 g/mol. The Kier molecular flexibility index (Phi) is 3.98. The molecule has 0 radical (unpaired) electrons. The molecule has 0 amide bonds. The van der Waals surface area contributed by atoms with Gasteiger partial charge < -0.3 is 15.4 Å². The maximum Gasteiger partial charge on any atom is 0.244 e. The maximum absolute atomic E-state index is 5.99. The van der Waals surface area contributed by atoms with Crippen LogP contribution in [0.1, 0.15) is 37.9 Å². The lowest BCUT2D eigenvalue weighted by Crippen LogP contribution is -2.43. The van der Waals surface area contributed by atoms with Gasteiger partial charge in [0.2, 0.25) is 5.95 Å². The topological polar surface area (TPSA) is 80.1 Å². The van der Waals surface area contributed by atoms with Crippen LogP contribution in [0.2, 0.25) is 0 Å². The minimum atomic E-state index is 0.248. The van der Waals surface area contributed by atoms with Gasteiger partial charge in [-0.25, -0.2) is 0 Å². The zero-order valence-electron chi connectivity index (χ0n) is 11.3. The Labute approximate surface area is 113 Å². The van der Waals surface area contributed by atoms with E-state index in [4.69, 9.17) is 10.5 Å². The van der Waals surface area contributed by atoms with Crippen molar-refractivity contribution in [2.45, 2.75) is 50.7 Å². The van der Waals surface area contributed by atoms with E-state index < -0.39 is 0 Å². The van der Waals surface area contributed by atoms with Crippen LogP contribution in [0.3, 0.4) is 0 Å². The molecule has 2 aliphatic heterocycles. The van der Waals surface area contributed by atoms with Crippen molar-refractivity contribution in [2.75, 3.05) is 24.6 Å². The van der Waals surface area contributed by atoms with Crippen molar-refractivity contribution in [3.05, 3.63) is 5.82 Å². The highest BCUT2D eigenvalue weighted by Gasteiger charge is 2.21. The highest BCUT2D eigenvalue weighted by molar-refractivity contribution is 5.30. The van der Waals surface area contributed by atoms with Crippen LogP contribution >= 0.6 is 0 Å². The highest BCUT2D eigenvalue weighted by Crippen LogP contribution is 2.18. The third-order valence-electron chi connectivity index (χ3n) is 3.96. The summed E-state index contributed by atoms with van der Waals surface area (Å²) >= 11 is 0. The van der Waals surface area contributed by atoms with Gasteiger partial charge in [-0.2, -0.15) is 4.98 Å². The van der Waals surface area contributed by atoms with Crippen molar-refractivity contribution in [1.82, 2.24) is 15.2 Å². The van der Waals surface area contributed by atoms with Crippen LogP contribution in [0, 0.1) is 0 Å². The van der Waals surface area contributed by atoms with Crippen LogP contribution in [-0.4, -0.2) is 47.0 Å². The Morgan fingerprint density at radius 1 is 1.32 bits per heavy atom. The lowest BCUT2D eigenvalue weighted by molar-refractivity contribution is 0.0157. The van der Waals surface area contributed by atoms with Crippen LogP contribution < -0.4 is 10.6 Å². The van der Waals surface area contributed by atoms with Gasteiger partial charge in [0.25, 0.3) is 0 Å². The molecule has 1 aromatic rings. The molecule has 106 valence electrons. The van der Waals surface area contributed by atoms with Crippen LogP contribution in [0.15, 0.2) is 0 Å². The van der Waals surface area contributed by atoms with Crippen LogP contribution in [-0.2, 0) is 11.2 Å². The molecule has 3 rings (SSSR count). The molecule has 2 aliphatic rings. The number of hydrogen-bond donors (Lipinski definition) is 2. The van der Waals surface area contributed by atoms with E-state index in [0.717, 1.165) is 57.2 Å². The lowest BCUT2D eigenvalue weighted by Gasteiger charge is -2.29. The summed E-state index contributed by atoms with van der Waals surface area (Å²) in [6, 6.07) is 0.248. The smallest absolute Gasteiger partial charge is 0.244 e. The first-order valence-corrected chi connectivity index (χ1v) is 7.34. The zero-order chi connectivity index (χ0) is 13.1. The third kappa shape index (κ3) is 3.25. The summed E-state index contributed by atoms with van der Waals surface area (Å²) in [6.45, 7) is 2.74. The maximum atomic E-state index is 5.99. The average Bonchev–Trinajstić information content (AvgIpc) is 2.88. The van der Waals surface area contributed by atoms with Crippen molar-refractivity contribution in [1.29, 1.82) is 0 Å². The first-order valence-electron chi connectivity index (χ1n) is 7.34. The van der Waals surface area contributed by atoms with Gasteiger partial charge in [0.15, 0.2) is 0 Å². The monoisotopic (exact) mass is 265 g/mol. The molecule has 0 aromatic carbocycles. The number of aromatic amines is 1. The molecule has 2 atom stereocenters. The van der Waals surface area contributed by atoms with Gasteiger partial charge in [0.05, 0.1) is 6.10 Å².